The summed E-state index contributed by atoms with van der Waals surface area (Å²) in [5, 5.41) is 7.64. The number of ether oxygens (including phenoxy) is 1. The number of methoxy groups -OCH3 is 1. The highest BCUT2D eigenvalue weighted by Gasteiger charge is 2.39. The zero-order valence-corrected chi connectivity index (χ0v) is 14.2. The fourth-order valence-corrected chi connectivity index (χ4v) is 3.09. The summed E-state index contributed by atoms with van der Waals surface area (Å²) in [6.45, 7) is 12.9. The van der Waals surface area contributed by atoms with Crippen molar-refractivity contribution in [2.24, 2.45) is 11.3 Å². The molecule has 0 bridgehead atoms. The number of hydrogen-bond acceptors (Lipinski definition) is 5. The highest BCUT2D eigenvalue weighted by atomic mass is 16.5. The molecule has 1 aliphatic rings. The van der Waals surface area contributed by atoms with Gasteiger partial charge in [0.25, 0.3) is 0 Å². The molecule has 1 aromatic rings. The average molecular weight is 295 g/mol. The molecule has 5 heteroatoms. The van der Waals surface area contributed by atoms with Crippen molar-refractivity contribution in [3.05, 3.63) is 11.7 Å². The largest absolute Gasteiger partial charge is 0.373 e. The summed E-state index contributed by atoms with van der Waals surface area (Å²) < 4.78 is 11.2. The molecule has 0 radical (unpaired) electrons. The Morgan fingerprint density at radius 3 is 2.52 bits per heavy atom. The van der Waals surface area contributed by atoms with Crippen LogP contribution in [-0.2, 0) is 10.2 Å². The number of rotatable bonds is 4. The van der Waals surface area contributed by atoms with Crippen LogP contribution in [0, 0.1) is 11.3 Å². The highest BCUT2D eigenvalue weighted by molar-refractivity contribution is 5.07. The number of hydrogen-bond donors (Lipinski definition) is 1. The molecule has 2 unspecified atom stereocenters. The normalized spacial score (nSPS) is 22.3. The Kier molecular flexibility index (Phi) is 4.73. The lowest BCUT2D eigenvalue weighted by molar-refractivity contribution is 0.00718. The maximum Gasteiger partial charge on any atom is 0.232 e. The van der Waals surface area contributed by atoms with E-state index in [4.69, 9.17) is 9.26 Å². The van der Waals surface area contributed by atoms with Crippen LogP contribution in [-0.4, -0.2) is 30.3 Å². The Morgan fingerprint density at radius 1 is 1.29 bits per heavy atom. The van der Waals surface area contributed by atoms with Crippen LogP contribution in [0.5, 0.6) is 0 Å². The number of nitrogens with zero attached hydrogens (tertiary/aromatic N) is 2. The Bertz CT molecular complexity index is 456. The van der Waals surface area contributed by atoms with Crippen molar-refractivity contribution in [2.45, 2.75) is 59.0 Å². The number of piperidine rings is 1. The molecule has 1 aliphatic heterocycles. The van der Waals surface area contributed by atoms with Gasteiger partial charge in [-0.1, -0.05) is 39.8 Å². The second kappa shape index (κ2) is 6.05. The van der Waals surface area contributed by atoms with Gasteiger partial charge in [0, 0.05) is 12.5 Å². The molecule has 0 aliphatic carbocycles. The SMILES string of the molecule is COC(c1noc(C(C)(C)C2CCCNC2)n1)C(C)(C)C. The maximum atomic E-state index is 5.59. The third kappa shape index (κ3) is 3.46. The summed E-state index contributed by atoms with van der Waals surface area (Å²) >= 11 is 0. The maximum absolute atomic E-state index is 5.59. The van der Waals surface area contributed by atoms with Gasteiger partial charge in [0.15, 0.2) is 0 Å². The molecule has 1 N–H and O–H groups in total. The molecule has 0 amide bonds. The predicted octanol–water partition coefficient (Wildman–Crippen LogP) is 3.08. The Hall–Kier alpha value is -0.940. The van der Waals surface area contributed by atoms with E-state index >= 15 is 0 Å². The first-order valence-corrected chi connectivity index (χ1v) is 7.84. The van der Waals surface area contributed by atoms with E-state index in [2.05, 4.69) is 50.1 Å². The van der Waals surface area contributed by atoms with Gasteiger partial charge < -0.3 is 14.6 Å². The van der Waals surface area contributed by atoms with E-state index in [9.17, 15) is 0 Å². The fourth-order valence-electron chi connectivity index (χ4n) is 3.09. The van der Waals surface area contributed by atoms with Gasteiger partial charge in [-0.05, 0) is 37.3 Å². The smallest absolute Gasteiger partial charge is 0.232 e. The fraction of sp³-hybridized carbons (Fsp3) is 0.875. The minimum Gasteiger partial charge on any atom is -0.373 e. The van der Waals surface area contributed by atoms with Crippen molar-refractivity contribution in [3.63, 3.8) is 0 Å². The first-order valence-electron chi connectivity index (χ1n) is 7.84. The predicted molar refractivity (Wildman–Crippen MR) is 82.1 cm³/mol. The molecule has 0 aromatic carbocycles. The molecule has 21 heavy (non-hydrogen) atoms. The van der Waals surface area contributed by atoms with Crippen molar-refractivity contribution < 1.29 is 9.26 Å². The Balaban J connectivity index is 2.21. The molecular weight excluding hydrogens is 266 g/mol. The van der Waals surface area contributed by atoms with Crippen molar-refractivity contribution in [1.29, 1.82) is 0 Å². The molecule has 2 rings (SSSR count). The van der Waals surface area contributed by atoms with Crippen molar-refractivity contribution in [3.8, 4) is 0 Å². The van der Waals surface area contributed by atoms with Crippen LogP contribution in [0.15, 0.2) is 4.52 Å². The van der Waals surface area contributed by atoms with Crippen LogP contribution >= 0.6 is 0 Å². The molecule has 1 aromatic heterocycles. The van der Waals surface area contributed by atoms with Crippen LogP contribution in [0.1, 0.15) is 65.3 Å². The molecule has 0 saturated carbocycles. The first-order chi connectivity index (χ1) is 9.76. The summed E-state index contributed by atoms with van der Waals surface area (Å²) in [4.78, 5) is 4.66. The second-order valence-electron chi connectivity index (χ2n) is 7.70. The number of nitrogens with one attached hydrogen (secondary N) is 1. The van der Waals surface area contributed by atoms with Crippen LogP contribution in [0.3, 0.4) is 0 Å². The van der Waals surface area contributed by atoms with Gasteiger partial charge in [0.2, 0.25) is 11.7 Å². The van der Waals surface area contributed by atoms with Gasteiger partial charge >= 0.3 is 0 Å². The minimum absolute atomic E-state index is 0.0631. The molecule has 2 heterocycles. The molecule has 5 nitrogen and oxygen atoms in total. The van der Waals surface area contributed by atoms with E-state index < -0.39 is 0 Å². The zero-order valence-electron chi connectivity index (χ0n) is 14.2. The third-order valence-corrected chi connectivity index (χ3v) is 4.57. The van der Waals surface area contributed by atoms with Crippen LogP contribution < -0.4 is 5.32 Å². The van der Waals surface area contributed by atoms with E-state index in [0.717, 1.165) is 19.0 Å². The highest BCUT2D eigenvalue weighted by Crippen LogP contribution is 2.38. The topological polar surface area (TPSA) is 60.2 Å². The zero-order chi connectivity index (χ0) is 15.7. The lowest BCUT2D eigenvalue weighted by Gasteiger charge is -2.34. The quantitative estimate of drug-likeness (QED) is 0.925. The van der Waals surface area contributed by atoms with Crippen LogP contribution in [0.25, 0.3) is 0 Å². The Morgan fingerprint density at radius 2 is 2.00 bits per heavy atom. The van der Waals surface area contributed by atoms with Gasteiger partial charge in [-0.15, -0.1) is 0 Å². The summed E-state index contributed by atoms with van der Waals surface area (Å²) in [7, 11) is 1.70. The summed E-state index contributed by atoms with van der Waals surface area (Å²) in [6.07, 6.45) is 2.25. The van der Waals surface area contributed by atoms with E-state index in [1.54, 1.807) is 7.11 Å². The van der Waals surface area contributed by atoms with Gasteiger partial charge in [-0.2, -0.15) is 4.98 Å². The second-order valence-corrected chi connectivity index (χ2v) is 7.70. The molecule has 1 fully saturated rings. The van der Waals surface area contributed by atoms with Gasteiger partial charge in [-0.25, -0.2) is 0 Å². The molecule has 0 spiro atoms. The minimum atomic E-state index is -0.157. The summed E-state index contributed by atoms with van der Waals surface area (Å²) in [5.74, 6) is 1.89. The Labute approximate surface area is 127 Å². The molecular formula is C16H29N3O2. The van der Waals surface area contributed by atoms with E-state index in [1.807, 2.05) is 0 Å². The van der Waals surface area contributed by atoms with Gasteiger partial charge in [0.05, 0.1) is 0 Å². The number of aromatic nitrogens is 2. The molecule has 120 valence electrons. The van der Waals surface area contributed by atoms with Crippen molar-refractivity contribution in [1.82, 2.24) is 15.5 Å². The summed E-state index contributed by atoms with van der Waals surface area (Å²) in [6, 6.07) is 0. The molecule has 1 saturated heterocycles. The first kappa shape index (κ1) is 16.4. The van der Waals surface area contributed by atoms with Crippen LogP contribution in [0.4, 0.5) is 0 Å². The average Bonchev–Trinajstić information content (AvgIpc) is 2.89. The molecule has 2 atom stereocenters. The van der Waals surface area contributed by atoms with E-state index in [1.165, 1.54) is 12.8 Å². The van der Waals surface area contributed by atoms with Crippen molar-refractivity contribution in [2.75, 3.05) is 20.2 Å². The van der Waals surface area contributed by atoms with E-state index in [-0.39, 0.29) is 16.9 Å². The van der Waals surface area contributed by atoms with Gasteiger partial charge in [-0.3, -0.25) is 0 Å². The van der Waals surface area contributed by atoms with Gasteiger partial charge in [0.1, 0.15) is 6.10 Å². The third-order valence-electron chi connectivity index (χ3n) is 4.57. The van der Waals surface area contributed by atoms with E-state index in [0.29, 0.717) is 11.7 Å². The lowest BCUT2D eigenvalue weighted by atomic mass is 9.75. The van der Waals surface area contributed by atoms with Crippen molar-refractivity contribution >= 4 is 0 Å². The standard InChI is InChI=1S/C16H29N3O2/c1-15(2,3)12(20-6)13-18-14(21-19-13)16(4,5)11-8-7-9-17-10-11/h11-12,17H,7-10H2,1-6H3. The summed E-state index contributed by atoms with van der Waals surface area (Å²) in [5.41, 5.74) is -0.179. The van der Waals surface area contributed by atoms with Crippen LogP contribution in [0.2, 0.25) is 0 Å². The lowest BCUT2D eigenvalue weighted by Crippen LogP contribution is -2.41. The monoisotopic (exact) mass is 295 g/mol.